The largest absolute Gasteiger partial charge is 0.468 e. The monoisotopic (exact) mass is 274 g/mol. The van der Waals surface area contributed by atoms with E-state index in [2.05, 4.69) is 4.90 Å². The van der Waals surface area contributed by atoms with E-state index in [9.17, 15) is 0 Å². The van der Waals surface area contributed by atoms with Crippen LogP contribution in [0.5, 0.6) is 0 Å². The second-order valence-electron chi connectivity index (χ2n) is 5.58. The van der Waals surface area contributed by atoms with Crippen LogP contribution in [0.25, 0.3) is 0 Å². The molecule has 0 aromatic carbocycles. The van der Waals surface area contributed by atoms with Crippen LogP contribution in [0.3, 0.4) is 0 Å². The highest BCUT2D eigenvalue weighted by Gasteiger charge is 2.28. The van der Waals surface area contributed by atoms with Crippen LogP contribution in [-0.4, -0.2) is 17.0 Å². The lowest BCUT2D eigenvalue weighted by Gasteiger charge is -2.37. The summed E-state index contributed by atoms with van der Waals surface area (Å²) < 4.78 is 11.0. The van der Waals surface area contributed by atoms with E-state index in [1.807, 2.05) is 24.3 Å². The molecule has 0 saturated heterocycles. The molecule has 2 heterocycles. The van der Waals surface area contributed by atoms with Crippen molar-refractivity contribution in [3.63, 3.8) is 0 Å². The molecule has 108 valence electrons. The van der Waals surface area contributed by atoms with Crippen LogP contribution in [0.15, 0.2) is 45.6 Å². The highest BCUT2D eigenvalue weighted by molar-refractivity contribution is 5.03. The maximum absolute atomic E-state index is 6.33. The molecule has 2 unspecified atom stereocenters. The van der Waals surface area contributed by atoms with Crippen molar-refractivity contribution >= 4 is 0 Å². The van der Waals surface area contributed by atoms with E-state index in [0.29, 0.717) is 6.04 Å². The average molecular weight is 274 g/mol. The van der Waals surface area contributed by atoms with Gasteiger partial charge in [0.05, 0.1) is 25.6 Å². The van der Waals surface area contributed by atoms with E-state index in [1.165, 1.54) is 12.8 Å². The minimum atomic E-state index is 0.244. The Hall–Kier alpha value is -1.52. The normalized spacial score (nSPS) is 23.3. The molecule has 2 atom stereocenters. The molecule has 1 saturated carbocycles. The fourth-order valence-electron chi connectivity index (χ4n) is 3.09. The molecule has 0 aliphatic heterocycles. The fraction of sp³-hybridized carbons (Fsp3) is 0.500. The van der Waals surface area contributed by atoms with Crippen LogP contribution in [0, 0.1) is 0 Å². The van der Waals surface area contributed by atoms with E-state index < -0.39 is 0 Å². The number of nitrogens with zero attached hydrogens (tertiary/aromatic N) is 1. The number of nitrogens with two attached hydrogens (primary N) is 1. The van der Waals surface area contributed by atoms with E-state index in [0.717, 1.165) is 37.5 Å². The Morgan fingerprint density at radius 1 is 1.00 bits per heavy atom. The predicted octanol–water partition coefficient (Wildman–Crippen LogP) is 3.14. The molecule has 0 bridgehead atoms. The van der Waals surface area contributed by atoms with Gasteiger partial charge >= 0.3 is 0 Å². The first kappa shape index (κ1) is 13.5. The summed E-state index contributed by atoms with van der Waals surface area (Å²) in [6.07, 6.45) is 8.21. The summed E-state index contributed by atoms with van der Waals surface area (Å²) in [5.74, 6) is 1.96. The van der Waals surface area contributed by atoms with Gasteiger partial charge in [0.25, 0.3) is 0 Å². The van der Waals surface area contributed by atoms with Crippen LogP contribution in [0.2, 0.25) is 0 Å². The second-order valence-corrected chi connectivity index (χ2v) is 5.58. The van der Waals surface area contributed by atoms with Crippen LogP contribution in [0.1, 0.15) is 37.2 Å². The third-order valence-corrected chi connectivity index (χ3v) is 4.13. The van der Waals surface area contributed by atoms with Gasteiger partial charge in [-0.05, 0) is 37.1 Å². The molecule has 20 heavy (non-hydrogen) atoms. The topological polar surface area (TPSA) is 55.5 Å². The molecule has 2 N–H and O–H groups in total. The molecule has 0 amide bonds. The van der Waals surface area contributed by atoms with Crippen LogP contribution >= 0.6 is 0 Å². The Morgan fingerprint density at radius 3 is 2.10 bits per heavy atom. The van der Waals surface area contributed by atoms with Gasteiger partial charge in [-0.2, -0.15) is 0 Å². The molecule has 1 fully saturated rings. The minimum Gasteiger partial charge on any atom is -0.468 e. The Balaban J connectivity index is 1.74. The summed E-state index contributed by atoms with van der Waals surface area (Å²) in [7, 11) is 0. The van der Waals surface area contributed by atoms with Gasteiger partial charge < -0.3 is 14.6 Å². The molecule has 1 aliphatic rings. The van der Waals surface area contributed by atoms with Crippen molar-refractivity contribution in [3.05, 3.63) is 48.3 Å². The molecule has 2 aromatic rings. The third kappa shape index (κ3) is 3.14. The summed E-state index contributed by atoms with van der Waals surface area (Å²) in [4.78, 5) is 2.39. The minimum absolute atomic E-state index is 0.244. The molecule has 0 spiro atoms. The van der Waals surface area contributed by atoms with Gasteiger partial charge in [-0.3, -0.25) is 4.90 Å². The van der Waals surface area contributed by atoms with Crippen molar-refractivity contribution in [1.82, 2.24) is 4.90 Å². The van der Waals surface area contributed by atoms with Crippen LogP contribution in [0.4, 0.5) is 0 Å². The fourth-order valence-corrected chi connectivity index (χ4v) is 3.09. The zero-order valence-electron chi connectivity index (χ0n) is 11.7. The van der Waals surface area contributed by atoms with Crippen LogP contribution in [-0.2, 0) is 13.1 Å². The van der Waals surface area contributed by atoms with Gasteiger partial charge in [-0.25, -0.2) is 0 Å². The molecule has 0 radical (unpaired) electrons. The first-order chi connectivity index (χ1) is 9.83. The number of rotatable bonds is 5. The maximum atomic E-state index is 6.33. The number of furan rings is 2. The van der Waals surface area contributed by atoms with Gasteiger partial charge in [-0.15, -0.1) is 0 Å². The number of hydrogen-bond acceptors (Lipinski definition) is 4. The van der Waals surface area contributed by atoms with Crippen molar-refractivity contribution in [2.75, 3.05) is 0 Å². The molecule has 4 heteroatoms. The molecular weight excluding hydrogens is 252 g/mol. The molecule has 2 aromatic heterocycles. The SMILES string of the molecule is NC1CCCCC1N(Cc1ccco1)Cc1ccco1. The van der Waals surface area contributed by atoms with Gasteiger partial charge in [0.15, 0.2) is 0 Å². The van der Waals surface area contributed by atoms with Crippen molar-refractivity contribution in [2.24, 2.45) is 5.73 Å². The standard InChI is InChI=1S/C16H22N2O2/c17-15-7-1-2-8-16(15)18(11-13-5-3-9-19-13)12-14-6-4-10-20-14/h3-6,9-10,15-16H,1-2,7-8,11-12,17H2. The summed E-state index contributed by atoms with van der Waals surface area (Å²) in [5, 5.41) is 0. The number of hydrogen-bond donors (Lipinski definition) is 1. The zero-order chi connectivity index (χ0) is 13.8. The van der Waals surface area contributed by atoms with Gasteiger partial charge in [0.2, 0.25) is 0 Å². The zero-order valence-corrected chi connectivity index (χ0v) is 11.7. The molecule has 3 rings (SSSR count). The van der Waals surface area contributed by atoms with Crippen molar-refractivity contribution in [2.45, 2.75) is 50.9 Å². The summed E-state index contributed by atoms with van der Waals surface area (Å²) in [6, 6.07) is 8.54. The Bertz CT molecular complexity index is 456. The highest BCUT2D eigenvalue weighted by atomic mass is 16.3. The van der Waals surface area contributed by atoms with Crippen LogP contribution < -0.4 is 5.73 Å². The first-order valence-corrected chi connectivity index (χ1v) is 7.37. The third-order valence-electron chi connectivity index (χ3n) is 4.13. The van der Waals surface area contributed by atoms with Crippen molar-refractivity contribution in [1.29, 1.82) is 0 Å². The Kier molecular flexibility index (Phi) is 4.23. The lowest BCUT2D eigenvalue weighted by atomic mass is 9.89. The summed E-state index contributed by atoms with van der Waals surface area (Å²) in [5.41, 5.74) is 6.33. The van der Waals surface area contributed by atoms with Gasteiger partial charge in [-0.1, -0.05) is 12.8 Å². The predicted molar refractivity (Wildman–Crippen MR) is 76.9 cm³/mol. The van der Waals surface area contributed by atoms with E-state index in [4.69, 9.17) is 14.6 Å². The van der Waals surface area contributed by atoms with E-state index >= 15 is 0 Å². The Labute approximate surface area is 119 Å². The van der Waals surface area contributed by atoms with Crippen molar-refractivity contribution < 1.29 is 8.83 Å². The molecule has 1 aliphatic carbocycles. The average Bonchev–Trinajstić information content (AvgIpc) is 3.12. The molecular formula is C16H22N2O2. The van der Waals surface area contributed by atoms with Gasteiger partial charge in [0.1, 0.15) is 11.5 Å². The smallest absolute Gasteiger partial charge is 0.117 e. The summed E-state index contributed by atoms with van der Waals surface area (Å²) >= 11 is 0. The maximum Gasteiger partial charge on any atom is 0.117 e. The lowest BCUT2D eigenvalue weighted by Crippen LogP contribution is -2.48. The van der Waals surface area contributed by atoms with E-state index in [1.54, 1.807) is 12.5 Å². The second kappa shape index (κ2) is 6.29. The lowest BCUT2D eigenvalue weighted by molar-refractivity contribution is 0.105. The Morgan fingerprint density at radius 2 is 1.60 bits per heavy atom. The quantitative estimate of drug-likeness (QED) is 0.910. The molecule has 4 nitrogen and oxygen atoms in total. The first-order valence-electron chi connectivity index (χ1n) is 7.37. The van der Waals surface area contributed by atoms with Crippen molar-refractivity contribution in [3.8, 4) is 0 Å². The van der Waals surface area contributed by atoms with Gasteiger partial charge in [0, 0.05) is 12.1 Å². The summed E-state index contributed by atoms with van der Waals surface area (Å²) in [6.45, 7) is 1.57. The van der Waals surface area contributed by atoms with E-state index in [-0.39, 0.29) is 6.04 Å². The highest BCUT2D eigenvalue weighted by Crippen LogP contribution is 2.25.